The summed E-state index contributed by atoms with van der Waals surface area (Å²) in [7, 11) is 1.75. The topological polar surface area (TPSA) is 72.4 Å². The summed E-state index contributed by atoms with van der Waals surface area (Å²) in [6, 6.07) is 3.90. The van der Waals surface area contributed by atoms with E-state index in [1.807, 2.05) is 24.4 Å². The molecule has 2 N–H and O–H groups in total. The van der Waals surface area contributed by atoms with Crippen molar-refractivity contribution in [3.05, 3.63) is 29.5 Å². The highest BCUT2D eigenvalue weighted by Gasteiger charge is 2.17. The number of aromatic nitrogens is 1. The van der Waals surface area contributed by atoms with Crippen molar-refractivity contribution < 1.29 is 9.21 Å². The van der Waals surface area contributed by atoms with Crippen LogP contribution >= 0.6 is 36.2 Å². The van der Waals surface area contributed by atoms with E-state index in [9.17, 15) is 4.79 Å². The number of likely N-dealkylation sites (N-methyl/N-ethyl adjacent to an activating group) is 1. The van der Waals surface area contributed by atoms with E-state index in [1.54, 1.807) is 23.3 Å². The van der Waals surface area contributed by atoms with E-state index in [2.05, 4.69) is 4.98 Å². The molecule has 0 aliphatic rings. The van der Waals surface area contributed by atoms with Gasteiger partial charge < -0.3 is 15.1 Å². The first kappa shape index (κ1) is 19.9. The number of thiophene rings is 1. The highest BCUT2D eigenvalue weighted by atomic mass is 35.5. The number of rotatable bonds is 5. The number of amides is 1. The van der Waals surface area contributed by atoms with E-state index in [4.69, 9.17) is 10.2 Å². The zero-order chi connectivity index (χ0) is 13.8. The molecule has 0 aliphatic carbocycles. The fourth-order valence-corrected chi connectivity index (χ4v) is 2.24. The van der Waals surface area contributed by atoms with Gasteiger partial charge in [0.15, 0.2) is 0 Å². The van der Waals surface area contributed by atoms with Crippen LogP contribution in [0.5, 0.6) is 0 Å². The van der Waals surface area contributed by atoms with Gasteiger partial charge in [-0.1, -0.05) is 6.07 Å². The standard InChI is InChI=1S/C13H17N3O2S.2ClH/c1-9(7-14)16(2)12(17)6-10-8-18-13(15-10)11-4-3-5-19-11;;/h3-5,8-9H,6-7,14H2,1-2H3;2*1H. The molecule has 1 amide bonds. The molecule has 0 aliphatic heterocycles. The van der Waals surface area contributed by atoms with Crippen LogP contribution in [0.4, 0.5) is 0 Å². The minimum absolute atomic E-state index is 0. The van der Waals surface area contributed by atoms with Gasteiger partial charge in [0.2, 0.25) is 11.8 Å². The second kappa shape index (κ2) is 9.04. The average molecular weight is 352 g/mol. The van der Waals surface area contributed by atoms with Crippen molar-refractivity contribution >= 4 is 42.1 Å². The van der Waals surface area contributed by atoms with E-state index in [1.165, 1.54) is 6.26 Å². The highest BCUT2D eigenvalue weighted by molar-refractivity contribution is 7.13. The van der Waals surface area contributed by atoms with Crippen LogP contribution in [0.2, 0.25) is 0 Å². The first-order chi connectivity index (χ1) is 9.11. The monoisotopic (exact) mass is 351 g/mol. The Kier molecular flexibility index (Phi) is 8.58. The third-order valence-corrected chi connectivity index (χ3v) is 3.87. The highest BCUT2D eigenvalue weighted by Crippen LogP contribution is 2.23. The van der Waals surface area contributed by atoms with Gasteiger partial charge >= 0.3 is 0 Å². The SMILES string of the molecule is CC(CN)N(C)C(=O)Cc1coc(-c2cccs2)n1.Cl.Cl. The number of halogens is 2. The van der Waals surface area contributed by atoms with Crippen molar-refractivity contribution in [2.45, 2.75) is 19.4 Å². The predicted molar refractivity (Wildman–Crippen MR) is 89.3 cm³/mol. The van der Waals surface area contributed by atoms with Gasteiger partial charge in [-0.05, 0) is 18.4 Å². The van der Waals surface area contributed by atoms with Gasteiger partial charge in [0.25, 0.3) is 0 Å². The molecule has 1 atom stereocenters. The number of nitrogens with two attached hydrogens (primary N) is 1. The first-order valence-electron chi connectivity index (χ1n) is 6.05. The Bertz CT molecular complexity index is 545. The summed E-state index contributed by atoms with van der Waals surface area (Å²) < 4.78 is 5.38. The molecular formula is C13H19Cl2N3O2S. The lowest BCUT2D eigenvalue weighted by Crippen LogP contribution is -2.40. The molecule has 2 aromatic heterocycles. The fourth-order valence-electron chi connectivity index (χ4n) is 1.59. The van der Waals surface area contributed by atoms with E-state index < -0.39 is 0 Å². The van der Waals surface area contributed by atoms with Crippen molar-refractivity contribution in [2.75, 3.05) is 13.6 Å². The maximum Gasteiger partial charge on any atom is 0.236 e. The summed E-state index contributed by atoms with van der Waals surface area (Å²) in [5.41, 5.74) is 6.19. The van der Waals surface area contributed by atoms with Crippen LogP contribution in [0.15, 0.2) is 28.2 Å². The number of hydrogen-bond donors (Lipinski definition) is 1. The van der Waals surface area contributed by atoms with Crippen LogP contribution in [0.3, 0.4) is 0 Å². The molecule has 1 unspecified atom stereocenters. The maximum absolute atomic E-state index is 12.0. The Balaban J connectivity index is 0.00000200. The molecule has 2 rings (SSSR count). The van der Waals surface area contributed by atoms with E-state index in [-0.39, 0.29) is 43.2 Å². The quantitative estimate of drug-likeness (QED) is 0.898. The summed E-state index contributed by atoms with van der Waals surface area (Å²) >= 11 is 1.55. The Hall–Kier alpha value is -1.08. The molecule has 21 heavy (non-hydrogen) atoms. The zero-order valence-electron chi connectivity index (χ0n) is 11.8. The smallest absolute Gasteiger partial charge is 0.236 e. The summed E-state index contributed by atoms with van der Waals surface area (Å²) in [5.74, 6) is 0.552. The van der Waals surface area contributed by atoms with Crippen LogP contribution in [0.25, 0.3) is 10.8 Å². The molecule has 0 aromatic carbocycles. The molecule has 0 saturated heterocycles. The fraction of sp³-hybridized carbons (Fsp3) is 0.385. The van der Waals surface area contributed by atoms with Crippen molar-refractivity contribution in [3.63, 3.8) is 0 Å². The molecule has 0 radical (unpaired) electrons. The molecule has 0 saturated carbocycles. The molecule has 2 aromatic rings. The average Bonchev–Trinajstić information content (AvgIpc) is 3.06. The van der Waals surface area contributed by atoms with Crippen LogP contribution in [-0.2, 0) is 11.2 Å². The van der Waals surface area contributed by atoms with Gasteiger partial charge in [-0.25, -0.2) is 4.98 Å². The lowest BCUT2D eigenvalue weighted by Gasteiger charge is -2.23. The molecule has 118 valence electrons. The number of carbonyl (C=O) groups excluding carboxylic acids is 1. The number of carbonyl (C=O) groups is 1. The molecule has 0 bridgehead atoms. The largest absolute Gasteiger partial charge is 0.444 e. The minimum Gasteiger partial charge on any atom is -0.444 e. The Morgan fingerprint density at radius 1 is 1.52 bits per heavy atom. The van der Waals surface area contributed by atoms with Gasteiger partial charge in [-0.2, -0.15) is 0 Å². The molecule has 5 nitrogen and oxygen atoms in total. The lowest BCUT2D eigenvalue weighted by atomic mass is 10.2. The second-order valence-electron chi connectivity index (χ2n) is 4.39. The van der Waals surface area contributed by atoms with E-state index in [0.717, 1.165) is 4.88 Å². The van der Waals surface area contributed by atoms with E-state index >= 15 is 0 Å². The van der Waals surface area contributed by atoms with Crippen molar-refractivity contribution in [1.29, 1.82) is 0 Å². The van der Waals surface area contributed by atoms with Crippen LogP contribution < -0.4 is 5.73 Å². The van der Waals surface area contributed by atoms with E-state index in [0.29, 0.717) is 18.1 Å². The third kappa shape index (κ3) is 5.00. The van der Waals surface area contributed by atoms with Gasteiger partial charge in [0.05, 0.1) is 17.0 Å². The zero-order valence-corrected chi connectivity index (χ0v) is 14.3. The molecule has 0 spiro atoms. The number of nitrogens with zero attached hydrogens (tertiary/aromatic N) is 2. The summed E-state index contributed by atoms with van der Waals surface area (Å²) in [5, 5.41) is 1.96. The van der Waals surface area contributed by atoms with Gasteiger partial charge in [-0.15, -0.1) is 36.2 Å². The Labute approximate surface area is 140 Å². The van der Waals surface area contributed by atoms with Crippen molar-refractivity contribution in [2.24, 2.45) is 5.73 Å². The Morgan fingerprint density at radius 3 is 2.81 bits per heavy atom. The predicted octanol–water partition coefficient (Wildman–Crippen LogP) is 2.59. The van der Waals surface area contributed by atoms with Crippen molar-refractivity contribution in [1.82, 2.24) is 9.88 Å². The molecule has 2 heterocycles. The first-order valence-corrected chi connectivity index (χ1v) is 6.93. The van der Waals surface area contributed by atoms with Crippen LogP contribution in [0, 0.1) is 0 Å². The molecule has 8 heteroatoms. The van der Waals surface area contributed by atoms with Crippen molar-refractivity contribution in [3.8, 4) is 10.8 Å². The maximum atomic E-state index is 12.0. The Morgan fingerprint density at radius 2 is 2.24 bits per heavy atom. The van der Waals surface area contributed by atoms with Gasteiger partial charge in [0, 0.05) is 19.6 Å². The van der Waals surface area contributed by atoms with Crippen LogP contribution in [-0.4, -0.2) is 35.4 Å². The molecule has 0 fully saturated rings. The minimum atomic E-state index is -0.0102. The van der Waals surface area contributed by atoms with Gasteiger partial charge in [-0.3, -0.25) is 4.79 Å². The lowest BCUT2D eigenvalue weighted by molar-refractivity contribution is -0.130. The third-order valence-electron chi connectivity index (χ3n) is 3.01. The summed E-state index contributed by atoms with van der Waals surface area (Å²) in [6.07, 6.45) is 1.77. The second-order valence-corrected chi connectivity index (χ2v) is 5.34. The van der Waals surface area contributed by atoms with Crippen LogP contribution in [0.1, 0.15) is 12.6 Å². The number of hydrogen-bond acceptors (Lipinski definition) is 5. The number of oxazole rings is 1. The van der Waals surface area contributed by atoms with Gasteiger partial charge in [0.1, 0.15) is 6.26 Å². The normalized spacial score (nSPS) is 11.2. The summed E-state index contributed by atoms with van der Waals surface area (Å²) in [4.78, 5) is 18.9. The molecular weight excluding hydrogens is 333 g/mol. The summed E-state index contributed by atoms with van der Waals surface area (Å²) in [6.45, 7) is 2.36.